The monoisotopic (exact) mass is 478 g/mol. The lowest BCUT2D eigenvalue weighted by atomic mass is 9.89. The Morgan fingerprint density at radius 3 is 2.31 bits per heavy atom. The lowest BCUT2D eigenvalue weighted by Gasteiger charge is -2.39. The highest BCUT2D eigenvalue weighted by molar-refractivity contribution is 5.87. The van der Waals surface area contributed by atoms with E-state index in [0.29, 0.717) is 25.8 Å². The zero-order valence-electron chi connectivity index (χ0n) is 20.4. The molecule has 0 bridgehead atoms. The first-order valence-corrected chi connectivity index (χ1v) is 12.6. The number of carboxylic acid groups (broad SMARTS) is 1. The Hall–Kier alpha value is -3.35. The molecule has 0 aromatic heterocycles. The number of carbonyl (C=O) groups is 3. The number of nitrogens with zero attached hydrogens (tertiary/aromatic N) is 1. The smallest absolute Gasteiger partial charge is 0.407 e. The molecule has 0 spiro atoms. The van der Waals surface area contributed by atoms with Crippen molar-refractivity contribution in [2.24, 2.45) is 5.92 Å². The van der Waals surface area contributed by atoms with E-state index in [4.69, 9.17) is 4.74 Å². The van der Waals surface area contributed by atoms with E-state index in [2.05, 4.69) is 29.6 Å². The van der Waals surface area contributed by atoms with Gasteiger partial charge in [-0.05, 0) is 48.4 Å². The molecule has 2 aromatic carbocycles. The van der Waals surface area contributed by atoms with Gasteiger partial charge in [-0.25, -0.2) is 4.79 Å². The molecular weight excluding hydrogens is 444 g/mol. The van der Waals surface area contributed by atoms with Crippen LogP contribution in [-0.4, -0.2) is 53.2 Å². The molecule has 2 aliphatic rings. The summed E-state index contributed by atoms with van der Waals surface area (Å²) in [6.07, 6.45) is 2.70. The summed E-state index contributed by atoms with van der Waals surface area (Å²) in [4.78, 5) is 39.4. The van der Waals surface area contributed by atoms with Crippen molar-refractivity contribution in [1.82, 2.24) is 10.2 Å². The van der Waals surface area contributed by atoms with E-state index in [1.807, 2.05) is 31.2 Å². The number of piperidine rings is 1. The first-order chi connectivity index (χ1) is 16.9. The first-order valence-electron chi connectivity index (χ1n) is 12.6. The number of alkyl carbamates (subject to hydrolysis) is 1. The number of carbonyl (C=O) groups excluding carboxylic acids is 2. The summed E-state index contributed by atoms with van der Waals surface area (Å²) in [5.41, 5.74) is 4.56. The van der Waals surface area contributed by atoms with E-state index in [-0.39, 0.29) is 18.4 Å². The van der Waals surface area contributed by atoms with E-state index < -0.39 is 30.1 Å². The van der Waals surface area contributed by atoms with Crippen LogP contribution in [0.1, 0.15) is 63.0 Å². The number of hydrogen-bond acceptors (Lipinski definition) is 4. The second kappa shape index (κ2) is 10.9. The highest BCUT2D eigenvalue weighted by Crippen LogP contribution is 2.44. The molecule has 35 heavy (non-hydrogen) atoms. The zero-order valence-corrected chi connectivity index (χ0v) is 20.4. The Morgan fingerprint density at radius 2 is 1.71 bits per heavy atom. The molecule has 1 fully saturated rings. The summed E-state index contributed by atoms with van der Waals surface area (Å²) < 4.78 is 5.66. The molecule has 2 N–H and O–H groups in total. The predicted octanol–water partition coefficient (Wildman–Crippen LogP) is 4.80. The second-order valence-corrected chi connectivity index (χ2v) is 9.52. The molecule has 2 amide bonds. The Balaban J connectivity index is 1.43. The standard InChI is InChI=1S/C28H34N2O5/c1-3-4-15-25(26(31)30-16-9-14-19(18(30)2)27(32)33)29-28(34)35-17-24-22-12-7-5-10-20(22)21-11-6-8-13-23(21)24/h5-8,10-13,18-19,24-25H,3-4,9,14-17H2,1-2H3,(H,29,34)(H,32,33). The van der Waals surface area contributed by atoms with Crippen molar-refractivity contribution in [2.75, 3.05) is 13.2 Å². The van der Waals surface area contributed by atoms with Crippen molar-refractivity contribution < 1.29 is 24.2 Å². The summed E-state index contributed by atoms with van der Waals surface area (Å²) in [5.74, 6) is -1.76. The lowest BCUT2D eigenvalue weighted by molar-refractivity contribution is -0.149. The third-order valence-corrected chi connectivity index (χ3v) is 7.37. The van der Waals surface area contributed by atoms with Crippen LogP contribution in [0.3, 0.4) is 0 Å². The van der Waals surface area contributed by atoms with Gasteiger partial charge in [-0.1, -0.05) is 68.3 Å². The molecule has 0 radical (unpaired) electrons. The maximum absolute atomic E-state index is 13.4. The lowest BCUT2D eigenvalue weighted by Crippen LogP contribution is -2.56. The van der Waals surface area contributed by atoms with Gasteiger partial charge in [0.05, 0.1) is 5.92 Å². The highest BCUT2D eigenvalue weighted by Gasteiger charge is 2.38. The maximum atomic E-state index is 13.4. The van der Waals surface area contributed by atoms with Crippen LogP contribution in [-0.2, 0) is 14.3 Å². The van der Waals surface area contributed by atoms with E-state index in [0.717, 1.165) is 35.1 Å². The number of likely N-dealkylation sites (tertiary alicyclic amines) is 1. The molecule has 186 valence electrons. The van der Waals surface area contributed by atoms with E-state index in [1.54, 1.807) is 11.8 Å². The van der Waals surface area contributed by atoms with Crippen LogP contribution in [0.5, 0.6) is 0 Å². The molecule has 0 saturated carbocycles. The normalized spacial score (nSPS) is 20.0. The summed E-state index contributed by atoms with van der Waals surface area (Å²) >= 11 is 0. The van der Waals surface area contributed by atoms with Crippen molar-refractivity contribution >= 4 is 18.0 Å². The van der Waals surface area contributed by atoms with Crippen molar-refractivity contribution in [3.8, 4) is 11.1 Å². The van der Waals surface area contributed by atoms with Crippen molar-refractivity contribution in [1.29, 1.82) is 0 Å². The van der Waals surface area contributed by atoms with E-state index in [9.17, 15) is 19.5 Å². The Bertz CT molecular complexity index is 1040. The number of hydrogen-bond donors (Lipinski definition) is 2. The molecule has 3 unspecified atom stereocenters. The molecule has 1 aliphatic heterocycles. The fraction of sp³-hybridized carbons (Fsp3) is 0.464. The minimum absolute atomic E-state index is 0.0589. The van der Waals surface area contributed by atoms with Crippen LogP contribution < -0.4 is 5.32 Å². The highest BCUT2D eigenvalue weighted by atomic mass is 16.5. The molecule has 1 saturated heterocycles. The summed E-state index contributed by atoms with van der Waals surface area (Å²) in [6.45, 7) is 4.48. The maximum Gasteiger partial charge on any atom is 0.407 e. The molecule has 1 heterocycles. The molecule has 7 heteroatoms. The van der Waals surface area contributed by atoms with Crippen LogP contribution in [0, 0.1) is 5.92 Å². The average molecular weight is 479 g/mol. The molecular formula is C28H34N2O5. The van der Waals surface area contributed by atoms with Gasteiger partial charge in [0.2, 0.25) is 5.91 Å². The number of rotatable bonds is 8. The minimum Gasteiger partial charge on any atom is -0.481 e. The molecule has 2 aromatic rings. The van der Waals surface area contributed by atoms with Crippen molar-refractivity contribution in [2.45, 2.75) is 64.0 Å². The summed E-state index contributed by atoms with van der Waals surface area (Å²) in [6, 6.07) is 15.1. The Morgan fingerprint density at radius 1 is 1.09 bits per heavy atom. The van der Waals surface area contributed by atoms with Crippen LogP contribution in [0.15, 0.2) is 48.5 Å². The van der Waals surface area contributed by atoms with Gasteiger partial charge in [0.25, 0.3) is 0 Å². The van der Waals surface area contributed by atoms with Gasteiger partial charge >= 0.3 is 12.1 Å². The average Bonchev–Trinajstić information content (AvgIpc) is 3.18. The molecule has 1 aliphatic carbocycles. The van der Waals surface area contributed by atoms with Crippen molar-refractivity contribution in [3.05, 3.63) is 59.7 Å². The largest absolute Gasteiger partial charge is 0.481 e. The quantitative estimate of drug-likeness (QED) is 0.568. The summed E-state index contributed by atoms with van der Waals surface area (Å²) in [7, 11) is 0. The SMILES string of the molecule is CCCCC(NC(=O)OCC1c2ccccc2-c2ccccc21)C(=O)N1CCCC(C(=O)O)C1C. The van der Waals surface area contributed by atoms with Gasteiger partial charge in [0.1, 0.15) is 12.6 Å². The zero-order chi connectivity index (χ0) is 24.9. The van der Waals surface area contributed by atoms with Crippen LogP contribution >= 0.6 is 0 Å². The van der Waals surface area contributed by atoms with Crippen LogP contribution in [0.25, 0.3) is 11.1 Å². The van der Waals surface area contributed by atoms with Gasteiger partial charge < -0.3 is 20.1 Å². The van der Waals surface area contributed by atoms with Crippen molar-refractivity contribution in [3.63, 3.8) is 0 Å². The Labute approximate surface area is 206 Å². The number of benzene rings is 2. The molecule has 4 rings (SSSR count). The van der Waals surface area contributed by atoms with E-state index in [1.165, 1.54) is 0 Å². The van der Waals surface area contributed by atoms with Gasteiger partial charge in [0, 0.05) is 18.5 Å². The van der Waals surface area contributed by atoms with Gasteiger partial charge in [-0.15, -0.1) is 0 Å². The third kappa shape index (κ3) is 5.19. The fourth-order valence-corrected chi connectivity index (χ4v) is 5.43. The van der Waals surface area contributed by atoms with E-state index >= 15 is 0 Å². The number of amides is 2. The number of carboxylic acids is 1. The number of fused-ring (bicyclic) bond motifs is 3. The topological polar surface area (TPSA) is 95.9 Å². The molecule has 7 nitrogen and oxygen atoms in total. The predicted molar refractivity (Wildman–Crippen MR) is 133 cm³/mol. The second-order valence-electron chi connectivity index (χ2n) is 9.52. The number of unbranched alkanes of at least 4 members (excludes halogenated alkanes) is 1. The van der Waals surface area contributed by atoms with Gasteiger partial charge in [0.15, 0.2) is 0 Å². The first kappa shape index (κ1) is 24.8. The van der Waals surface area contributed by atoms with Gasteiger partial charge in [-0.2, -0.15) is 0 Å². The number of nitrogens with one attached hydrogen (secondary N) is 1. The summed E-state index contributed by atoms with van der Waals surface area (Å²) in [5, 5.41) is 12.3. The van der Waals surface area contributed by atoms with Crippen LogP contribution in [0.2, 0.25) is 0 Å². The third-order valence-electron chi connectivity index (χ3n) is 7.37. The Kier molecular flexibility index (Phi) is 7.73. The fourth-order valence-electron chi connectivity index (χ4n) is 5.43. The number of aliphatic carboxylic acids is 1. The molecule has 3 atom stereocenters. The van der Waals surface area contributed by atoms with Gasteiger partial charge in [-0.3, -0.25) is 9.59 Å². The number of ether oxygens (including phenoxy) is 1. The van der Waals surface area contributed by atoms with Crippen LogP contribution in [0.4, 0.5) is 4.79 Å². The minimum atomic E-state index is -0.885.